The van der Waals surface area contributed by atoms with Gasteiger partial charge in [-0.3, -0.25) is 4.79 Å². The molecule has 2 rings (SSSR count). The lowest BCUT2D eigenvalue weighted by Crippen LogP contribution is -2.43. The van der Waals surface area contributed by atoms with Crippen LogP contribution in [0.4, 0.5) is 0 Å². The van der Waals surface area contributed by atoms with E-state index in [-0.39, 0.29) is 5.41 Å². The van der Waals surface area contributed by atoms with Gasteiger partial charge in [0.25, 0.3) is 0 Å². The van der Waals surface area contributed by atoms with E-state index in [0.717, 1.165) is 50.4 Å². The van der Waals surface area contributed by atoms with Gasteiger partial charge >= 0.3 is 5.97 Å². The van der Waals surface area contributed by atoms with Gasteiger partial charge < -0.3 is 5.11 Å². The molecule has 2 nitrogen and oxygen atoms in total. The van der Waals surface area contributed by atoms with Crippen molar-refractivity contribution in [1.82, 2.24) is 0 Å². The van der Waals surface area contributed by atoms with Gasteiger partial charge in [-0.05, 0) is 56.3 Å². The maximum Gasteiger partial charge on any atom is 0.309 e. The summed E-state index contributed by atoms with van der Waals surface area (Å²) in [6.07, 6.45) is 10.2. The number of carboxylic acids is 1. The molecule has 0 spiro atoms. The van der Waals surface area contributed by atoms with Gasteiger partial charge in [0.2, 0.25) is 0 Å². The molecule has 0 aliphatic heterocycles. The predicted molar refractivity (Wildman–Crippen MR) is 73.4 cm³/mol. The van der Waals surface area contributed by atoms with Crippen molar-refractivity contribution in [2.45, 2.75) is 71.6 Å². The van der Waals surface area contributed by atoms with E-state index in [0.29, 0.717) is 5.92 Å². The van der Waals surface area contributed by atoms with Crippen LogP contribution in [0.5, 0.6) is 0 Å². The highest BCUT2D eigenvalue weighted by atomic mass is 16.4. The third-order valence-corrected chi connectivity index (χ3v) is 5.73. The van der Waals surface area contributed by atoms with Crippen LogP contribution >= 0.6 is 0 Å². The maximum absolute atomic E-state index is 11.9. The Bertz CT molecular complexity index is 289. The summed E-state index contributed by atoms with van der Waals surface area (Å²) >= 11 is 0. The monoisotopic (exact) mass is 252 g/mol. The quantitative estimate of drug-likeness (QED) is 0.804. The van der Waals surface area contributed by atoms with Crippen molar-refractivity contribution in [3.05, 3.63) is 0 Å². The van der Waals surface area contributed by atoms with Gasteiger partial charge in [-0.2, -0.15) is 0 Å². The van der Waals surface area contributed by atoms with Crippen LogP contribution in [0.25, 0.3) is 0 Å². The van der Waals surface area contributed by atoms with Gasteiger partial charge in [0.15, 0.2) is 0 Å². The van der Waals surface area contributed by atoms with E-state index in [9.17, 15) is 9.90 Å². The molecule has 2 atom stereocenters. The zero-order valence-corrected chi connectivity index (χ0v) is 12.0. The Kier molecular flexibility index (Phi) is 4.34. The Morgan fingerprint density at radius 1 is 1.22 bits per heavy atom. The number of carbonyl (C=O) groups is 1. The summed E-state index contributed by atoms with van der Waals surface area (Å²) < 4.78 is 0. The van der Waals surface area contributed by atoms with Gasteiger partial charge in [-0.1, -0.05) is 33.1 Å². The molecule has 0 radical (unpaired) electrons. The smallest absolute Gasteiger partial charge is 0.309 e. The molecule has 0 aromatic carbocycles. The Balaban J connectivity index is 2.12. The molecule has 2 heteroatoms. The summed E-state index contributed by atoms with van der Waals surface area (Å²) in [6, 6.07) is 0. The zero-order chi connectivity index (χ0) is 13.2. The first-order valence-corrected chi connectivity index (χ1v) is 7.82. The summed E-state index contributed by atoms with van der Waals surface area (Å²) in [6.45, 7) is 4.52. The van der Waals surface area contributed by atoms with Crippen LogP contribution in [0.1, 0.15) is 71.6 Å². The highest BCUT2D eigenvalue weighted by Gasteiger charge is 2.48. The van der Waals surface area contributed by atoms with Crippen molar-refractivity contribution in [3.8, 4) is 0 Å². The lowest BCUT2D eigenvalue weighted by molar-refractivity contribution is -0.157. The minimum Gasteiger partial charge on any atom is -0.481 e. The number of hydrogen-bond acceptors (Lipinski definition) is 1. The Labute approximate surface area is 111 Å². The Morgan fingerprint density at radius 3 is 2.44 bits per heavy atom. The fourth-order valence-corrected chi connectivity index (χ4v) is 4.24. The molecule has 0 heterocycles. The molecule has 104 valence electrons. The Hall–Kier alpha value is -0.530. The van der Waals surface area contributed by atoms with E-state index in [1.165, 1.54) is 19.3 Å². The number of carboxylic acid groups (broad SMARTS) is 1. The first kappa shape index (κ1) is 13.9. The molecule has 2 saturated carbocycles. The number of hydrogen-bond donors (Lipinski definition) is 1. The minimum atomic E-state index is -0.504. The van der Waals surface area contributed by atoms with E-state index >= 15 is 0 Å². The van der Waals surface area contributed by atoms with Gasteiger partial charge in [0.1, 0.15) is 0 Å². The lowest BCUT2D eigenvalue weighted by Gasteiger charge is -2.45. The molecule has 18 heavy (non-hydrogen) atoms. The van der Waals surface area contributed by atoms with Crippen molar-refractivity contribution < 1.29 is 9.90 Å². The maximum atomic E-state index is 11.9. The van der Waals surface area contributed by atoms with Crippen LogP contribution in [0.15, 0.2) is 0 Å². The summed E-state index contributed by atoms with van der Waals surface area (Å²) in [5.74, 6) is 1.44. The first-order chi connectivity index (χ1) is 8.58. The number of aliphatic carboxylic acids is 1. The largest absolute Gasteiger partial charge is 0.481 e. The molecule has 0 aromatic heterocycles. The van der Waals surface area contributed by atoms with Crippen molar-refractivity contribution in [3.63, 3.8) is 0 Å². The Morgan fingerprint density at radius 2 is 1.89 bits per heavy atom. The van der Waals surface area contributed by atoms with Crippen molar-refractivity contribution in [1.29, 1.82) is 0 Å². The average molecular weight is 252 g/mol. The minimum absolute atomic E-state index is 0.375. The normalized spacial score (nSPS) is 41.6. The summed E-state index contributed by atoms with van der Waals surface area (Å²) in [5, 5.41) is 9.79. The second-order valence-electron chi connectivity index (χ2n) is 6.78. The van der Waals surface area contributed by atoms with E-state index in [1.54, 1.807) is 0 Å². The predicted octanol–water partition coefficient (Wildman–Crippen LogP) is 4.48. The van der Waals surface area contributed by atoms with E-state index in [1.807, 2.05) is 0 Å². The summed E-state index contributed by atoms with van der Waals surface area (Å²) in [4.78, 5) is 11.9. The molecule has 2 aliphatic carbocycles. The SMILES string of the molecule is CCC1CCCC(C2(C(=O)O)CCC(C)CC2)C1. The van der Waals surface area contributed by atoms with Crippen LogP contribution in [-0.2, 0) is 4.79 Å². The van der Waals surface area contributed by atoms with Crippen molar-refractivity contribution in [2.75, 3.05) is 0 Å². The second-order valence-corrected chi connectivity index (χ2v) is 6.78. The van der Waals surface area contributed by atoms with Crippen LogP contribution in [0.2, 0.25) is 0 Å². The van der Waals surface area contributed by atoms with Crippen molar-refractivity contribution in [2.24, 2.45) is 23.2 Å². The molecule has 0 amide bonds. The van der Waals surface area contributed by atoms with Crippen LogP contribution in [0, 0.1) is 23.2 Å². The molecule has 0 bridgehead atoms. The molecule has 0 aromatic rings. The van der Waals surface area contributed by atoms with Crippen LogP contribution < -0.4 is 0 Å². The first-order valence-electron chi connectivity index (χ1n) is 7.82. The van der Waals surface area contributed by atoms with Crippen LogP contribution in [0.3, 0.4) is 0 Å². The standard InChI is InChI=1S/C16H28O2/c1-3-13-5-4-6-14(11-13)16(15(17)18)9-7-12(2)8-10-16/h12-14H,3-11H2,1-2H3,(H,17,18). The molecule has 2 fully saturated rings. The van der Waals surface area contributed by atoms with E-state index in [2.05, 4.69) is 13.8 Å². The third kappa shape index (κ3) is 2.57. The molecule has 0 saturated heterocycles. The molecule has 2 unspecified atom stereocenters. The topological polar surface area (TPSA) is 37.3 Å². The average Bonchev–Trinajstić information content (AvgIpc) is 2.39. The molecule has 2 aliphatic rings. The molecular weight excluding hydrogens is 224 g/mol. The summed E-state index contributed by atoms with van der Waals surface area (Å²) in [7, 11) is 0. The second kappa shape index (κ2) is 5.63. The van der Waals surface area contributed by atoms with Gasteiger partial charge in [0.05, 0.1) is 5.41 Å². The zero-order valence-electron chi connectivity index (χ0n) is 12.0. The highest BCUT2D eigenvalue weighted by molar-refractivity contribution is 5.75. The fourth-order valence-electron chi connectivity index (χ4n) is 4.24. The van der Waals surface area contributed by atoms with Crippen LogP contribution in [-0.4, -0.2) is 11.1 Å². The third-order valence-electron chi connectivity index (χ3n) is 5.73. The van der Waals surface area contributed by atoms with Gasteiger partial charge in [-0.15, -0.1) is 0 Å². The fraction of sp³-hybridized carbons (Fsp3) is 0.938. The highest BCUT2D eigenvalue weighted by Crippen LogP contribution is 2.51. The van der Waals surface area contributed by atoms with Gasteiger partial charge in [-0.25, -0.2) is 0 Å². The molecule has 1 N–H and O–H groups in total. The number of rotatable bonds is 3. The molecular formula is C16H28O2. The lowest BCUT2D eigenvalue weighted by atomic mass is 9.59. The van der Waals surface area contributed by atoms with E-state index in [4.69, 9.17) is 0 Å². The van der Waals surface area contributed by atoms with E-state index < -0.39 is 5.97 Å². The summed E-state index contributed by atoms with van der Waals surface area (Å²) in [5.41, 5.74) is -0.375. The van der Waals surface area contributed by atoms with Crippen molar-refractivity contribution >= 4 is 5.97 Å². The van der Waals surface area contributed by atoms with Gasteiger partial charge in [0, 0.05) is 0 Å².